The van der Waals surface area contributed by atoms with E-state index >= 15 is 27.6 Å². The first-order valence-corrected chi connectivity index (χ1v) is 30.4. The number of hydrogen-bond acceptors (Lipinski definition) is 12. The molecular weight excluding hydrogens is 1090 g/mol. The zero-order valence-corrected chi connectivity index (χ0v) is 50.2. The molecular formula is C64H81F3N11O7+. The highest BCUT2D eigenvalue weighted by molar-refractivity contribution is 5.98. The molecule has 7 atom stereocenters. The predicted molar refractivity (Wildman–Crippen MR) is 315 cm³/mol. The Morgan fingerprint density at radius 1 is 1.00 bits per heavy atom. The molecule has 0 saturated carbocycles. The van der Waals surface area contributed by atoms with Crippen molar-refractivity contribution in [2.24, 2.45) is 22.7 Å². The summed E-state index contributed by atoms with van der Waals surface area (Å²) in [6.45, 7) is 16.3. The summed E-state index contributed by atoms with van der Waals surface area (Å²) in [5.74, 6) is 0.127. The quantitative estimate of drug-likeness (QED) is 0.107. The Balaban J connectivity index is 0.934. The fourth-order valence-corrected chi connectivity index (χ4v) is 15.5. The van der Waals surface area contributed by atoms with Crippen molar-refractivity contribution < 1.29 is 51.2 Å². The molecule has 1 N–H and O–H groups in total. The number of amides is 5. The van der Waals surface area contributed by atoms with Crippen molar-refractivity contribution >= 4 is 57.8 Å². The molecule has 2 aromatic heterocycles. The van der Waals surface area contributed by atoms with E-state index in [2.05, 4.69) is 45.7 Å². The number of methoxy groups -OCH3 is 1. The third-order valence-corrected chi connectivity index (χ3v) is 20.4. The third-order valence-electron chi connectivity index (χ3n) is 20.4. The van der Waals surface area contributed by atoms with Crippen molar-refractivity contribution in [3.8, 4) is 11.3 Å². The van der Waals surface area contributed by atoms with Crippen LogP contribution in [0.3, 0.4) is 0 Å². The minimum Gasteiger partial charge on any atom is -0.464 e. The van der Waals surface area contributed by atoms with Gasteiger partial charge in [-0.3, -0.25) is 24.5 Å². The van der Waals surface area contributed by atoms with Crippen LogP contribution in [-0.2, 0) is 35.2 Å². The number of rotatable bonds is 8. The van der Waals surface area contributed by atoms with Gasteiger partial charge < -0.3 is 38.5 Å². The van der Waals surface area contributed by atoms with Crippen LogP contribution in [0.2, 0.25) is 0 Å². The number of cyclic esters (lactones) is 1. The van der Waals surface area contributed by atoms with Gasteiger partial charge in [0.05, 0.1) is 36.4 Å². The van der Waals surface area contributed by atoms with Gasteiger partial charge in [0.25, 0.3) is 0 Å². The maximum absolute atomic E-state index is 16.0. The van der Waals surface area contributed by atoms with E-state index in [0.717, 1.165) is 49.4 Å². The van der Waals surface area contributed by atoms with E-state index in [9.17, 15) is 9.59 Å². The van der Waals surface area contributed by atoms with E-state index in [-0.39, 0.29) is 48.9 Å². The molecule has 12 rings (SSSR count). The molecule has 2 spiro atoms. The summed E-state index contributed by atoms with van der Waals surface area (Å²) >= 11 is 0. The van der Waals surface area contributed by atoms with E-state index in [1.807, 2.05) is 62.9 Å². The molecule has 9 heterocycles. The largest absolute Gasteiger partial charge is 0.464 e. The second-order valence-corrected chi connectivity index (χ2v) is 26.6. The number of urea groups is 1. The number of piperidine rings is 1. The molecule has 6 bridgehead atoms. The summed E-state index contributed by atoms with van der Waals surface area (Å²) in [4.78, 5) is 90.9. The van der Waals surface area contributed by atoms with Crippen LogP contribution < -0.4 is 10.3 Å². The molecule has 85 heavy (non-hydrogen) atoms. The van der Waals surface area contributed by atoms with Gasteiger partial charge in [-0.1, -0.05) is 63.1 Å². The smallest absolute Gasteiger partial charge is 0.420 e. The Morgan fingerprint density at radius 2 is 1.73 bits per heavy atom. The number of hydrazine groups is 1. The topological polar surface area (TPSA) is 159 Å². The number of allylic oxidation sites excluding steroid dienone is 1. The average molecular weight is 1170 g/mol. The molecule has 4 saturated heterocycles. The van der Waals surface area contributed by atoms with Crippen LogP contribution in [0, 0.1) is 22.7 Å². The van der Waals surface area contributed by atoms with Gasteiger partial charge in [-0.15, -0.1) is 0 Å². The summed E-state index contributed by atoms with van der Waals surface area (Å²) in [6.07, 6.45) is 9.66. The maximum Gasteiger partial charge on any atom is 0.420 e. The molecule has 18 nitrogen and oxygen atoms in total. The molecule has 4 unspecified atom stereocenters. The number of likely N-dealkylation sites (N-methyl/N-ethyl adjacent to an activating group) is 2. The zero-order chi connectivity index (χ0) is 60.1. The monoisotopic (exact) mass is 1170 g/mol. The first kappa shape index (κ1) is 58.7. The number of halogens is 3. The van der Waals surface area contributed by atoms with Gasteiger partial charge in [-0.05, 0) is 104 Å². The number of fused-ring (bicyclic) bond motifs is 8. The minimum absolute atomic E-state index is 0.0355. The fourth-order valence-electron chi connectivity index (χ4n) is 15.5. The summed E-state index contributed by atoms with van der Waals surface area (Å²) in [5, 5.41) is 2.11. The number of piperazine rings is 1. The molecule has 3 aromatic rings. The number of ether oxygens (including phenoxy) is 2. The summed E-state index contributed by atoms with van der Waals surface area (Å²) in [7, 11) is 5.31. The van der Waals surface area contributed by atoms with Crippen molar-refractivity contribution in [1.82, 2.24) is 44.5 Å². The Kier molecular flexibility index (Phi) is 15.2. The van der Waals surface area contributed by atoms with Crippen LogP contribution in [0.4, 0.5) is 23.7 Å². The molecule has 454 valence electrons. The number of esters is 1. The SMILES string of the molecule is C=CC(=O)N1CCC2(CCN(C(=O)N(C)[C@H](C(=O)[N+]3=C=CC34CN3CCC=C(C3)c3ccc5c(c3)c3c(n5CC(F)(F)F)-c5cc(N6CCN(C)CC6)cnc5[C@@H](OC)C3C(C)(C)COC(=O)[C@@]3(C5C=CC5)CCCN(N3)C4=O)C(C)C)CC2)C1. The van der Waals surface area contributed by atoms with Crippen LogP contribution in [0.25, 0.3) is 27.7 Å². The second-order valence-electron chi connectivity index (χ2n) is 26.6. The molecule has 4 fully saturated rings. The van der Waals surface area contributed by atoms with E-state index < -0.39 is 65.1 Å². The van der Waals surface area contributed by atoms with Gasteiger partial charge in [-0.2, -0.15) is 13.2 Å². The summed E-state index contributed by atoms with van der Waals surface area (Å²) < 4.78 is 61.7. The van der Waals surface area contributed by atoms with E-state index in [0.29, 0.717) is 111 Å². The van der Waals surface area contributed by atoms with Crippen LogP contribution in [0.15, 0.2) is 67.4 Å². The fraction of sp³-hybridized carbons (Fsp3) is 0.594. The predicted octanol–water partition coefficient (Wildman–Crippen LogP) is 7.01. The number of anilines is 1. The second kappa shape index (κ2) is 21.9. The Morgan fingerprint density at radius 3 is 2.38 bits per heavy atom. The van der Waals surface area contributed by atoms with Gasteiger partial charge in [0.2, 0.25) is 5.91 Å². The van der Waals surface area contributed by atoms with E-state index in [1.165, 1.54) is 25.1 Å². The number of nitrogens with zero attached hydrogens (tertiary/aromatic N) is 10. The molecule has 21 heteroatoms. The number of alkyl halides is 3. The van der Waals surface area contributed by atoms with Gasteiger partial charge in [0.1, 0.15) is 24.3 Å². The van der Waals surface area contributed by atoms with Gasteiger partial charge in [-0.25, -0.2) is 19.8 Å². The van der Waals surface area contributed by atoms with Crippen LogP contribution >= 0.6 is 0 Å². The van der Waals surface area contributed by atoms with E-state index in [1.54, 1.807) is 37.4 Å². The maximum atomic E-state index is 16.0. The van der Waals surface area contributed by atoms with Crippen molar-refractivity contribution in [3.05, 3.63) is 84.2 Å². The van der Waals surface area contributed by atoms with Crippen molar-refractivity contribution in [2.45, 2.75) is 115 Å². The van der Waals surface area contributed by atoms with Gasteiger partial charge in [0.15, 0.2) is 11.9 Å². The van der Waals surface area contributed by atoms with Gasteiger partial charge >= 0.3 is 35.5 Å². The lowest BCUT2D eigenvalue weighted by Crippen LogP contribution is -2.74. The lowest BCUT2D eigenvalue weighted by molar-refractivity contribution is -0.517. The number of likely N-dealkylation sites (tertiary alicyclic amines) is 2. The number of aromatic nitrogens is 2. The summed E-state index contributed by atoms with van der Waals surface area (Å²) in [5.41, 5.74) is 4.36. The highest BCUT2D eigenvalue weighted by Crippen LogP contribution is 2.58. The number of hydrogen-bond donors (Lipinski definition) is 1. The first-order chi connectivity index (χ1) is 40.5. The zero-order valence-electron chi connectivity index (χ0n) is 50.2. The van der Waals surface area contributed by atoms with Crippen LogP contribution in [0.5, 0.6) is 0 Å². The lowest BCUT2D eigenvalue weighted by atomic mass is 9.67. The Bertz CT molecular complexity index is 3370. The Labute approximate surface area is 495 Å². The summed E-state index contributed by atoms with van der Waals surface area (Å²) in [6, 6.07) is 6.32. The minimum atomic E-state index is -4.61. The normalized spacial score (nSPS) is 28.6. The average Bonchev–Trinajstić information content (AvgIpc) is 1.69. The molecule has 1 aromatic carbocycles. The number of carbonyl (C=O) groups is 5. The Hall–Kier alpha value is -6.64. The lowest BCUT2D eigenvalue weighted by Gasteiger charge is -2.49. The van der Waals surface area contributed by atoms with Crippen LogP contribution in [-0.4, -0.2) is 209 Å². The first-order valence-electron chi connectivity index (χ1n) is 30.4. The van der Waals surface area contributed by atoms with Crippen LogP contribution in [0.1, 0.15) is 101 Å². The van der Waals surface area contributed by atoms with Crippen molar-refractivity contribution in [1.29, 1.82) is 0 Å². The number of benzene rings is 1. The highest BCUT2D eigenvalue weighted by Gasteiger charge is 2.63. The number of pyridine rings is 1. The molecule has 0 radical (unpaired) electrons. The van der Waals surface area contributed by atoms with Gasteiger partial charge in [0, 0.05) is 120 Å². The standard InChI is InChI=1S/C64H81F3N11O7/c1-9-49(79)75-27-21-61(37-75)19-25-74(26-20-61)59(83)71(7)53(41(2)3)56(80)77-28-22-62(77)38-72-23-11-13-43(36-72)42-16-17-48-46(33-42)50-51(60(4,5)40-85-58(82)63(44-14-10-15-44)18-12-24-78(69-63)57(62)81)55(84-8)52-47(54(50)76(48)39-64(65,66)67)34-45(35-68-52)73-31-29-70(6)30-32-73/h9-10,13-14,16-17,22,33-35,41,44,51,53,55,69H,1,11-12,15,18-21,23-27,29-32,36-40H2,2-8H3/q+1/t44?,51?,53-,55-,62?,63-/m0/s1. The van der Waals surface area contributed by atoms with Crippen molar-refractivity contribution in [2.75, 3.05) is 111 Å². The molecule has 2 aliphatic carbocycles. The number of nitrogens with one attached hydrogen (secondary N) is 1. The molecule has 9 aliphatic rings. The van der Waals surface area contributed by atoms with Crippen molar-refractivity contribution in [3.63, 3.8) is 0 Å². The highest BCUT2D eigenvalue weighted by atomic mass is 19.4. The third kappa shape index (κ3) is 10.1. The number of carbonyl (C=O) groups excluding carboxylic acids is 5. The van der Waals surface area contributed by atoms with E-state index in [4.69, 9.17) is 14.5 Å². The molecule has 5 amide bonds. The molecule has 7 aliphatic heterocycles.